The van der Waals surface area contributed by atoms with Crippen LogP contribution in [0.15, 0.2) is 28.7 Å². The minimum Gasteiger partial charge on any atom is -0.351 e. The molecule has 3 nitrogen and oxygen atoms in total. The highest BCUT2D eigenvalue weighted by Crippen LogP contribution is 2.24. The molecule has 0 spiro atoms. The van der Waals surface area contributed by atoms with Crippen LogP contribution in [0, 0.1) is 0 Å². The van der Waals surface area contributed by atoms with Crippen molar-refractivity contribution in [1.29, 1.82) is 0 Å². The van der Waals surface area contributed by atoms with Crippen molar-refractivity contribution in [2.45, 2.75) is 18.9 Å². The number of halogens is 1. The highest BCUT2D eigenvalue weighted by molar-refractivity contribution is 9.10. The number of carbonyl (C=O) groups excluding carboxylic acids is 1. The van der Waals surface area contributed by atoms with E-state index >= 15 is 0 Å². The maximum Gasteiger partial charge on any atom is 0.251 e. The normalized spacial score (nSPS) is 15.0. The van der Waals surface area contributed by atoms with Crippen LogP contribution in [0.3, 0.4) is 0 Å². The van der Waals surface area contributed by atoms with Crippen molar-refractivity contribution >= 4 is 21.8 Å². The van der Waals surface area contributed by atoms with E-state index in [1.54, 1.807) is 0 Å². The zero-order valence-electron chi connectivity index (χ0n) is 9.95. The lowest BCUT2D eigenvalue weighted by Crippen LogP contribution is -2.33. The fraction of sp³-hybridized carbons (Fsp3) is 0.462. The van der Waals surface area contributed by atoms with Gasteiger partial charge in [0.05, 0.1) is 0 Å². The van der Waals surface area contributed by atoms with Crippen LogP contribution in [0.4, 0.5) is 0 Å². The third-order valence-electron chi connectivity index (χ3n) is 3.03. The molecule has 0 heterocycles. The molecule has 0 saturated heterocycles. The van der Waals surface area contributed by atoms with Gasteiger partial charge in [-0.25, -0.2) is 0 Å². The van der Waals surface area contributed by atoms with Gasteiger partial charge in [0.15, 0.2) is 0 Å². The summed E-state index contributed by atoms with van der Waals surface area (Å²) in [4.78, 5) is 14.1. The van der Waals surface area contributed by atoms with Gasteiger partial charge in [-0.3, -0.25) is 4.79 Å². The summed E-state index contributed by atoms with van der Waals surface area (Å²) in [6.45, 7) is 1.63. The number of nitrogens with zero attached hydrogens (tertiary/aromatic N) is 1. The van der Waals surface area contributed by atoms with E-state index in [0.29, 0.717) is 12.1 Å². The van der Waals surface area contributed by atoms with Gasteiger partial charge in [0.2, 0.25) is 0 Å². The first-order valence-corrected chi connectivity index (χ1v) is 6.70. The second-order valence-electron chi connectivity index (χ2n) is 4.47. The topological polar surface area (TPSA) is 32.3 Å². The van der Waals surface area contributed by atoms with E-state index < -0.39 is 0 Å². The highest BCUT2D eigenvalue weighted by atomic mass is 79.9. The molecule has 1 aliphatic rings. The summed E-state index contributed by atoms with van der Waals surface area (Å²) in [6, 6.07) is 8.16. The number of hydrogen-bond acceptors (Lipinski definition) is 2. The van der Waals surface area contributed by atoms with Gasteiger partial charge >= 0.3 is 0 Å². The lowest BCUT2D eigenvalue weighted by atomic mass is 10.2. The van der Waals surface area contributed by atoms with E-state index in [9.17, 15) is 4.79 Å². The highest BCUT2D eigenvalue weighted by Gasteiger charge is 2.25. The van der Waals surface area contributed by atoms with Crippen LogP contribution in [0.1, 0.15) is 23.2 Å². The summed E-state index contributed by atoms with van der Waals surface area (Å²) in [7, 11) is 2.11. The molecule has 92 valence electrons. The Labute approximate surface area is 110 Å². The summed E-state index contributed by atoms with van der Waals surface area (Å²) in [5.41, 5.74) is 0.710. The van der Waals surface area contributed by atoms with E-state index in [1.165, 1.54) is 12.8 Å². The maximum absolute atomic E-state index is 11.8. The van der Waals surface area contributed by atoms with Crippen molar-refractivity contribution in [3.63, 3.8) is 0 Å². The van der Waals surface area contributed by atoms with Crippen LogP contribution in [-0.4, -0.2) is 37.0 Å². The molecule has 1 aromatic carbocycles. The van der Waals surface area contributed by atoms with Crippen molar-refractivity contribution in [2.75, 3.05) is 20.1 Å². The third kappa shape index (κ3) is 3.82. The first-order valence-electron chi connectivity index (χ1n) is 5.91. The third-order valence-corrected chi connectivity index (χ3v) is 3.56. The van der Waals surface area contributed by atoms with E-state index in [4.69, 9.17) is 0 Å². The molecular weight excluding hydrogens is 280 g/mol. The number of amides is 1. The first kappa shape index (κ1) is 12.6. The summed E-state index contributed by atoms with van der Waals surface area (Å²) < 4.78 is 0.988. The molecular formula is C13H17BrN2O. The molecule has 1 N–H and O–H groups in total. The van der Waals surface area contributed by atoms with Crippen molar-refractivity contribution in [3.05, 3.63) is 34.3 Å². The first-order chi connectivity index (χ1) is 8.16. The SMILES string of the molecule is CN(CCNC(=O)c1ccc(Br)cc1)C1CC1. The number of benzene rings is 1. The average Bonchev–Trinajstić information content (AvgIpc) is 3.13. The average molecular weight is 297 g/mol. The van der Waals surface area contributed by atoms with Crippen LogP contribution >= 0.6 is 15.9 Å². The van der Waals surface area contributed by atoms with Crippen molar-refractivity contribution < 1.29 is 4.79 Å². The van der Waals surface area contributed by atoms with Crippen LogP contribution < -0.4 is 5.32 Å². The Bertz CT molecular complexity index is 387. The number of rotatable bonds is 5. The summed E-state index contributed by atoms with van der Waals surface area (Å²) >= 11 is 3.35. The van der Waals surface area contributed by atoms with Gasteiger partial charge in [-0.1, -0.05) is 15.9 Å². The second kappa shape index (κ2) is 5.65. The predicted octanol–water partition coefficient (Wildman–Crippen LogP) is 2.27. The minimum absolute atomic E-state index is 0.00157. The zero-order chi connectivity index (χ0) is 12.3. The zero-order valence-corrected chi connectivity index (χ0v) is 11.5. The van der Waals surface area contributed by atoms with Crippen LogP contribution in [-0.2, 0) is 0 Å². The van der Waals surface area contributed by atoms with Gasteiger partial charge in [-0.15, -0.1) is 0 Å². The van der Waals surface area contributed by atoms with Gasteiger partial charge in [-0.2, -0.15) is 0 Å². The minimum atomic E-state index is 0.00157. The summed E-state index contributed by atoms with van der Waals surface area (Å²) in [6.07, 6.45) is 2.61. The molecule has 0 unspecified atom stereocenters. The molecule has 0 bridgehead atoms. The Balaban J connectivity index is 1.74. The summed E-state index contributed by atoms with van der Waals surface area (Å²) in [5.74, 6) is 0.00157. The van der Waals surface area contributed by atoms with E-state index in [0.717, 1.165) is 17.1 Å². The lowest BCUT2D eigenvalue weighted by molar-refractivity contribution is 0.0949. The Hall–Kier alpha value is -0.870. The molecule has 0 aromatic heterocycles. The van der Waals surface area contributed by atoms with Crippen molar-refractivity contribution in [1.82, 2.24) is 10.2 Å². The summed E-state index contributed by atoms with van der Waals surface area (Å²) in [5, 5.41) is 2.94. The van der Waals surface area contributed by atoms with Crippen LogP contribution in [0.25, 0.3) is 0 Å². The second-order valence-corrected chi connectivity index (χ2v) is 5.39. The fourth-order valence-electron chi connectivity index (χ4n) is 1.75. The van der Waals surface area contributed by atoms with E-state index in [1.807, 2.05) is 24.3 Å². The molecule has 0 aliphatic heterocycles. The molecule has 1 aromatic rings. The quantitative estimate of drug-likeness (QED) is 0.904. The molecule has 1 saturated carbocycles. The molecule has 0 atom stereocenters. The smallest absolute Gasteiger partial charge is 0.251 e. The van der Waals surface area contributed by atoms with E-state index in [2.05, 4.69) is 33.2 Å². The van der Waals surface area contributed by atoms with Crippen LogP contribution in [0.5, 0.6) is 0 Å². The van der Waals surface area contributed by atoms with Gasteiger partial charge in [0.1, 0.15) is 0 Å². The number of hydrogen-bond donors (Lipinski definition) is 1. The van der Waals surface area contributed by atoms with E-state index in [-0.39, 0.29) is 5.91 Å². The Morgan fingerprint density at radius 1 is 1.41 bits per heavy atom. The van der Waals surface area contributed by atoms with Gasteiger partial charge in [0.25, 0.3) is 5.91 Å². The maximum atomic E-state index is 11.8. The Morgan fingerprint density at radius 3 is 2.65 bits per heavy atom. The number of carbonyl (C=O) groups is 1. The molecule has 1 fully saturated rings. The monoisotopic (exact) mass is 296 g/mol. The predicted molar refractivity (Wildman–Crippen MR) is 72.1 cm³/mol. The Morgan fingerprint density at radius 2 is 2.06 bits per heavy atom. The molecule has 1 aliphatic carbocycles. The van der Waals surface area contributed by atoms with Crippen molar-refractivity contribution in [2.24, 2.45) is 0 Å². The van der Waals surface area contributed by atoms with Crippen LogP contribution in [0.2, 0.25) is 0 Å². The van der Waals surface area contributed by atoms with Crippen molar-refractivity contribution in [3.8, 4) is 0 Å². The largest absolute Gasteiger partial charge is 0.351 e. The molecule has 17 heavy (non-hydrogen) atoms. The van der Waals surface area contributed by atoms with Gasteiger partial charge in [-0.05, 0) is 44.2 Å². The number of likely N-dealkylation sites (N-methyl/N-ethyl adjacent to an activating group) is 1. The molecule has 1 amide bonds. The fourth-order valence-corrected chi connectivity index (χ4v) is 2.01. The van der Waals surface area contributed by atoms with Gasteiger partial charge in [0, 0.05) is 29.2 Å². The standard InChI is InChI=1S/C13H17BrN2O/c1-16(12-6-7-12)9-8-15-13(17)10-2-4-11(14)5-3-10/h2-5,12H,6-9H2,1H3,(H,15,17). The number of nitrogens with one attached hydrogen (secondary N) is 1. The Kier molecular flexibility index (Phi) is 4.18. The molecule has 2 rings (SSSR count). The lowest BCUT2D eigenvalue weighted by Gasteiger charge is -2.15. The van der Waals surface area contributed by atoms with Gasteiger partial charge < -0.3 is 10.2 Å². The molecule has 0 radical (unpaired) electrons. The molecule has 4 heteroatoms.